The van der Waals surface area contributed by atoms with Gasteiger partial charge in [0, 0.05) is 0 Å². The third kappa shape index (κ3) is 4.89. The Morgan fingerprint density at radius 1 is 0.957 bits per heavy atom. The van der Waals surface area contributed by atoms with Crippen molar-refractivity contribution in [1.29, 1.82) is 0 Å². The van der Waals surface area contributed by atoms with Crippen molar-refractivity contribution in [2.75, 3.05) is 6.61 Å². The zero-order valence-electron chi connectivity index (χ0n) is 12.6. The Morgan fingerprint density at radius 2 is 1.61 bits per heavy atom. The molecule has 0 aromatic heterocycles. The highest BCUT2D eigenvalue weighted by atomic mass is 19.4. The van der Waals surface area contributed by atoms with Crippen LogP contribution in [0, 0.1) is 0 Å². The molecule has 0 saturated carbocycles. The number of hydrogen-bond acceptors (Lipinski definition) is 3. The first-order valence-electron chi connectivity index (χ1n) is 7.15. The van der Waals surface area contributed by atoms with Gasteiger partial charge in [-0.15, -0.1) is 13.2 Å². The van der Waals surface area contributed by atoms with E-state index in [0.29, 0.717) is 18.6 Å². The minimum atomic E-state index is -4.79. The van der Waals surface area contributed by atoms with E-state index < -0.39 is 6.36 Å². The second kappa shape index (κ2) is 7.37. The molecule has 0 aliphatic heterocycles. The average Bonchev–Trinajstić information content (AvgIpc) is 2.52. The fraction of sp³-hybridized carbons (Fsp3) is 0.294. The molecule has 0 heterocycles. The predicted octanol–water partition coefficient (Wildman–Crippen LogP) is 4.53. The summed E-state index contributed by atoms with van der Waals surface area (Å²) >= 11 is 0. The van der Waals surface area contributed by atoms with E-state index in [9.17, 15) is 13.2 Å². The molecule has 3 nitrogen and oxygen atoms in total. The van der Waals surface area contributed by atoms with Crippen LogP contribution in [0.3, 0.4) is 0 Å². The Kier molecular flexibility index (Phi) is 5.50. The Labute approximate surface area is 132 Å². The summed E-state index contributed by atoms with van der Waals surface area (Å²) < 4.78 is 47.1. The Morgan fingerprint density at radius 3 is 2.17 bits per heavy atom. The molecule has 0 fully saturated rings. The van der Waals surface area contributed by atoms with Crippen molar-refractivity contribution < 1.29 is 27.8 Å². The minimum Gasteiger partial charge on any atom is -0.490 e. The molecular formula is C17H17F3O3. The molecule has 2 rings (SSSR count). The quantitative estimate of drug-likeness (QED) is 0.847. The number of alkyl halides is 3. The number of hydrogen-bond donors (Lipinski definition) is 1. The fourth-order valence-corrected chi connectivity index (χ4v) is 2.03. The van der Waals surface area contributed by atoms with Crippen molar-refractivity contribution in [3.8, 4) is 22.6 Å². The van der Waals surface area contributed by atoms with Crippen LogP contribution in [0.4, 0.5) is 13.2 Å². The summed E-state index contributed by atoms with van der Waals surface area (Å²) in [7, 11) is 0. The van der Waals surface area contributed by atoms with Gasteiger partial charge < -0.3 is 14.6 Å². The van der Waals surface area contributed by atoms with Crippen LogP contribution in [-0.4, -0.2) is 18.1 Å². The molecule has 1 N–H and O–H groups in total. The van der Waals surface area contributed by atoms with E-state index >= 15 is 0 Å². The molecule has 0 unspecified atom stereocenters. The molecule has 0 radical (unpaired) electrons. The van der Waals surface area contributed by atoms with Crippen molar-refractivity contribution in [3.05, 3.63) is 48.0 Å². The number of aliphatic hydroxyl groups is 1. The lowest BCUT2D eigenvalue weighted by Gasteiger charge is -2.15. The molecule has 0 spiro atoms. The first-order chi connectivity index (χ1) is 10.9. The van der Waals surface area contributed by atoms with E-state index in [1.54, 1.807) is 30.3 Å². The van der Waals surface area contributed by atoms with E-state index in [2.05, 4.69) is 4.74 Å². The lowest BCUT2D eigenvalue weighted by molar-refractivity contribution is -0.275. The van der Waals surface area contributed by atoms with Crippen LogP contribution in [0.1, 0.15) is 18.9 Å². The van der Waals surface area contributed by atoms with Gasteiger partial charge in [0.15, 0.2) is 11.5 Å². The van der Waals surface area contributed by atoms with Gasteiger partial charge in [0.1, 0.15) is 0 Å². The molecule has 2 aromatic carbocycles. The summed E-state index contributed by atoms with van der Waals surface area (Å²) in [5, 5.41) is 9.03. The SMILES string of the molecule is CCCOc1ccc(-c2ccc(CO)cc2)cc1OC(F)(F)F. The minimum absolute atomic E-state index is 0.0555. The van der Waals surface area contributed by atoms with Crippen molar-refractivity contribution in [1.82, 2.24) is 0 Å². The second-order valence-electron chi connectivity index (χ2n) is 4.91. The van der Waals surface area contributed by atoms with Gasteiger partial charge in [-0.05, 0) is 35.2 Å². The highest BCUT2D eigenvalue weighted by Crippen LogP contribution is 2.36. The third-order valence-electron chi connectivity index (χ3n) is 3.10. The maximum Gasteiger partial charge on any atom is 0.573 e. The largest absolute Gasteiger partial charge is 0.573 e. The fourth-order valence-electron chi connectivity index (χ4n) is 2.03. The normalized spacial score (nSPS) is 11.3. The summed E-state index contributed by atoms with van der Waals surface area (Å²) in [5.74, 6) is -0.311. The first kappa shape index (κ1) is 17.1. The number of benzene rings is 2. The van der Waals surface area contributed by atoms with E-state index in [1.807, 2.05) is 6.92 Å². The zero-order valence-corrected chi connectivity index (χ0v) is 12.6. The molecule has 2 aromatic rings. The highest BCUT2D eigenvalue weighted by molar-refractivity contribution is 5.67. The van der Waals surface area contributed by atoms with Crippen molar-refractivity contribution in [3.63, 3.8) is 0 Å². The standard InChI is InChI=1S/C17H17F3O3/c1-2-9-22-15-8-7-14(10-16(15)23-17(18,19)20)13-5-3-12(11-21)4-6-13/h3-8,10,21H,2,9,11H2,1H3. The van der Waals surface area contributed by atoms with Gasteiger partial charge in [-0.25, -0.2) is 0 Å². The van der Waals surface area contributed by atoms with Crippen molar-refractivity contribution >= 4 is 0 Å². The lowest BCUT2D eigenvalue weighted by atomic mass is 10.0. The Balaban J connectivity index is 2.35. The lowest BCUT2D eigenvalue weighted by Crippen LogP contribution is -2.18. The molecule has 0 aliphatic rings. The van der Waals surface area contributed by atoms with Gasteiger partial charge in [-0.1, -0.05) is 37.3 Å². The average molecular weight is 326 g/mol. The summed E-state index contributed by atoms with van der Waals surface area (Å²) in [6.07, 6.45) is -4.11. The van der Waals surface area contributed by atoms with E-state index in [-0.39, 0.29) is 18.1 Å². The van der Waals surface area contributed by atoms with Gasteiger partial charge in [-0.2, -0.15) is 0 Å². The summed E-state index contributed by atoms with van der Waals surface area (Å²) in [6, 6.07) is 11.3. The van der Waals surface area contributed by atoms with Gasteiger partial charge >= 0.3 is 6.36 Å². The molecular weight excluding hydrogens is 309 g/mol. The molecule has 0 atom stereocenters. The van der Waals surface area contributed by atoms with Gasteiger partial charge in [0.25, 0.3) is 0 Å². The predicted molar refractivity (Wildman–Crippen MR) is 80.3 cm³/mol. The second-order valence-corrected chi connectivity index (χ2v) is 4.91. The van der Waals surface area contributed by atoms with Gasteiger partial charge in [-0.3, -0.25) is 0 Å². The highest BCUT2D eigenvalue weighted by Gasteiger charge is 2.32. The van der Waals surface area contributed by atoms with Crippen LogP contribution in [0.2, 0.25) is 0 Å². The number of ether oxygens (including phenoxy) is 2. The zero-order chi connectivity index (χ0) is 16.9. The van der Waals surface area contributed by atoms with Crippen LogP contribution < -0.4 is 9.47 Å². The smallest absolute Gasteiger partial charge is 0.490 e. The molecule has 0 aliphatic carbocycles. The van der Waals surface area contributed by atoms with E-state index in [4.69, 9.17) is 9.84 Å². The number of rotatable bonds is 6. The van der Waals surface area contributed by atoms with Gasteiger partial charge in [0.05, 0.1) is 13.2 Å². The van der Waals surface area contributed by atoms with E-state index in [1.165, 1.54) is 12.1 Å². The van der Waals surface area contributed by atoms with Crippen molar-refractivity contribution in [2.45, 2.75) is 26.3 Å². The molecule has 6 heteroatoms. The number of aliphatic hydroxyl groups excluding tert-OH is 1. The molecule has 23 heavy (non-hydrogen) atoms. The van der Waals surface area contributed by atoms with Gasteiger partial charge in [0.2, 0.25) is 0 Å². The van der Waals surface area contributed by atoms with Crippen LogP contribution in [-0.2, 0) is 6.61 Å². The van der Waals surface area contributed by atoms with Crippen molar-refractivity contribution in [2.24, 2.45) is 0 Å². The maximum atomic E-state index is 12.6. The third-order valence-corrected chi connectivity index (χ3v) is 3.10. The monoisotopic (exact) mass is 326 g/mol. The topological polar surface area (TPSA) is 38.7 Å². The number of halogens is 3. The van der Waals surface area contributed by atoms with Crippen LogP contribution >= 0.6 is 0 Å². The van der Waals surface area contributed by atoms with Crippen LogP contribution in [0.15, 0.2) is 42.5 Å². The first-order valence-corrected chi connectivity index (χ1v) is 7.15. The molecule has 124 valence electrons. The maximum absolute atomic E-state index is 12.6. The molecule has 0 amide bonds. The summed E-state index contributed by atoms with van der Waals surface area (Å²) in [5.41, 5.74) is 2.01. The summed E-state index contributed by atoms with van der Waals surface area (Å²) in [6.45, 7) is 2.08. The Hall–Kier alpha value is -2.21. The van der Waals surface area contributed by atoms with E-state index in [0.717, 1.165) is 11.1 Å². The van der Waals surface area contributed by atoms with Crippen LogP contribution in [0.5, 0.6) is 11.5 Å². The molecule has 0 saturated heterocycles. The summed E-state index contributed by atoms with van der Waals surface area (Å²) in [4.78, 5) is 0. The van der Waals surface area contributed by atoms with Crippen LogP contribution in [0.25, 0.3) is 11.1 Å². The molecule has 0 bridgehead atoms. The Bertz CT molecular complexity index is 637.